The maximum Gasteiger partial charge on any atom is 0.226 e. The smallest absolute Gasteiger partial charge is 0.226 e. The molecule has 1 amide bonds. The highest BCUT2D eigenvalue weighted by Gasteiger charge is 2.09. The molecule has 22 heavy (non-hydrogen) atoms. The first-order valence-electron chi connectivity index (χ1n) is 7.43. The van der Waals surface area contributed by atoms with Crippen molar-refractivity contribution in [2.75, 3.05) is 11.1 Å². The number of carbonyl (C=O) groups is 1. The molecule has 4 nitrogen and oxygen atoms in total. The Bertz CT molecular complexity index is 584. The molecule has 0 atom stereocenters. The average molecular weight is 335 g/mol. The first kappa shape index (κ1) is 17.0. The van der Waals surface area contributed by atoms with Crippen LogP contribution in [0.4, 0.5) is 5.13 Å². The summed E-state index contributed by atoms with van der Waals surface area (Å²) in [5, 5.41) is 11.5. The molecule has 0 aliphatic rings. The minimum Gasteiger partial charge on any atom is -0.300 e. The summed E-state index contributed by atoms with van der Waals surface area (Å²) in [4.78, 5) is 11.7. The van der Waals surface area contributed by atoms with Gasteiger partial charge in [-0.15, -0.1) is 10.2 Å². The Morgan fingerprint density at radius 2 is 2.05 bits per heavy atom. The van der Waals surface area contributed by atoms with Crippen LogP contribution in [0.25, 0.3) is 0 Å². The maximum atomic E-state index is 11.7. The zero-order valence-electron chi connectivity index (χ0n) is 12.9. The summed E-state index contributed by atoms with van der Waals surface area (Å²) in [6.45, 7) is 4.04. The molecule has 0 unspecified atom stereocenters. The van der Waals surface area contributed by atoms with Crippen LogP contribution in [0.3, 0.4) is 0 Å². The second-order valence-corrected chi connectivity index (χ2v) is 7.78. The van der Waals surface area contributed by atoms with Crippen LogP contribution in [0.2, 0.25) is 0 Å². The average Bonchev–Trinajstić information content (AvgIpc) is 2.91. The number of aromatic nitrogens is 2. The van der Waals surface area contributed by atoms with E-state index in [1.165, 1.54) is 16.9 Å². The van der Waals surface area contributed by atoms with Gasteiger partial charge in [-0.25, -0.2) is 0 Å². The van der Waals surface area contributed by atoms with Crippen molar-refractivity contribution in [3.63, 3.8) is 0 Å². The van der Waals surface area contributed by atoms with Crippen LogP contribution in [-0.4, -0.2) is 21.9 Å². The van der Waals surface area contributed by atoms with Crippen molar-refractivity contribution in [1.29, 1.82) is 0 Å². The predicted octanol–water partition coefficient (Wildman–Crippen LogP) is 4.25. The summed E-state index contributed by atoms with van der Waals surface area (Å²) in [6.07, 6.45) is 2.69. The van der Waals surface area contributed by atoms with Crippen LogP contribution in [0, 0.1) is 5.92 Å². The van der Waals surface area contributed by atoms with Crippen molar-refractivity contribution in [1.82, 2.24) is 10.2 Å². The number of nitrogens with zero attached hydrogens (tertiary/aromatic N) is 2. The molecule has 0 fully saturated rings. The van der Waals surface area contributed by atoms with Gasteiger partial charge in [0.1, 0.15) is 0 Å². The number of carbonyl (C=O) groups excluding carboxylic acids is 1. The van der Waals surface area contributed by atoms with Crippen molar-refractivity contribution in [2.45, 2.75) is 37.4 Å². The summed E-state index contributed by atoms with van der Waals surface area (Å²) >= 11 is 3.14. The Morgan fingerprint density at radius 3 is 2.77 bits per heavy atom. The van der Waals surface area contributed by atoms with Gasteiger partial charge in [-0.3, -0.25) is 4.79 Å². The standard InChI is InChI=1S/C16H21N3OS2/c1-12(2)11-14(20)17-15-18-19-16(22-15)21-10-6-9-13-7-4-3-5-8-13/h3-5,7-8,12H,6,9-11H2,1-2H3,(H,17,18,20). The third-order valence-corrected chi connectivity index (χ3v) is 4.98. The largest absolute Gasteiger partial charge is 0.300 e. The minimum absolute atomic E-state index is 0.00628. The van der Waals surface area contributed by atoms with E-state index in [4.69, 9.17) is 0 Å². The van der Waals surface area contributed by atoms with E-state index in [1.54, 1.807) is 11.8 Å². The fourth-order valence-corrected chi connectivity index (χ4v) is 3.72. The number of aryl methyl sites for hydroxylation is 1. The molecule has 1 aromatic carbocycles. The topological polar surface area (TPSA) is 54.9 Å². The predicted molar refractivity (Wildman–Crippen MR) is 93.5 cm³/mol. The van der Waals surface area contributed by atoms with Gasteiger partial charge in [0.25, 0.3) is 0 Å². The van der Waals surface area contributed by atoms with Crippen molar-refractivity contribution in [3.05, 3.63) is 35.9 Å². The van der Waals surface area contributed by atoms with Crippen LogP contribution in [-0.2, 0) is 11.2 Å². The van der Waals surface area contributed by atoms with Gasteiger partial charge in [0.2, 0.25) is 11.0 Å². The third-order valence-electron chi connectivity index (χ3n) is 2.92. The lowest BCUT2D eigenvalue weighted by Crippen LogP contribution is -2.13. The highest BCUT2D eigenvalue weighted by molar-refractivity contribution is 8.01. The van der Waals surface area contributed by atoms with Crippen LogP contribution in [0.1, 0.15) is 32.3 Å². The number of benzene rings is 1. The number of hydrogen-bond acceptors (Lipinski definition) is 5. The normalized spacial score (nSPS) is 10.9. The summed E-state index contributed by atoms with van der Waals surface area (Å²) in [5.41, 5.74) is 1.36. The highest BCUT2D eigenvalue weighted by Crippen LogP contribution is 2.26. The first-order valence-corrected chi connectivity index (χ1v) is 9.24. The van der Waals surface area contributed by atoms with Crippen molar-refractivity contribution < 1.29 is 4.79 Å². The van der Waals surface area contributed by atoms with Crippen LogP contribution in [0.15, 0.2) is 34.7 Å². The molecule has 2 aromatic rings. The molecule has 0 saturated carbocycles. The van der Waals surface area contributed by atoms with Crippen LogP contribution in [0.5, 0.6) is 0 Å². The fraction of sp³-hybridized carbons (Fsp3) is 0.438. The number of anilines is 1. The van der Waals surface area contributed by atoms with Gasteiger partial charge in [-0.2, -0.15) is 0 Å². The van der Waals surface area contributed by atoms with Gasteiger partial charge in [-0.05, 0) is 24.3 Å². The van der Waals surface area contributed by atoms with Gasteiger partial charge in [0.15, 0.2) is 4.34 Å². The Hall–Kier alpha value is -1.40. The van der Waals surface area contributed by atoms with E-state index in [9.17, 15) is 4.79 Å². The molecule has 1 heterocycles. The summed E-state index contributed by atoms with van der Waals surface area (Å²) in [5.74, 6) is 1.36. The number of nitrogens with one attached hydrogen (secondary N) is 1. The Morgan fingerprint density at radius 1 is 1.27 bits per heavy atom. The van der Waals surface area contributed by atoms with E-state index >= 15 is 0 Å². The number of amides is 1. The van der Waals surface area contributed by atoms with Crippen molar-refractivity contribution in [3.8, 4) is 0 Å². The van der Waals surface area contributed by atoms with E-state index in [-0.39, 0.29) is 5.91 Å². The first-order chi connectivity index (χ1) is 10.6. The van der Waals surface area contributed by atoms with Gasteiger partial charge in [-0.1, -0.05) is 67.3 Å². The lowest BCUT2D eigenvalue weighted by Gasteiger charge is -2.02. The van der Waals surface area contributed by atoms with E-state index < -0.39 is 0 Å². The quantitative estimate of drug-likeness (QED) is 0.445. The summed E-state index contributed by atoms with van der Waals surface area (Å²) in [7, 11) is 0. The zero-order valence-corrected chi connectivity index (χ0v) is 14.5. The zero-order chi connectivity index (χ0) is 15.8. The minimum atomic E-state index is 0.00628. The summed E-state index contributed by atoms with van der Waals surface area (Å²) < 4.78 is 0.910. The van der Waals surface area contributed by atoms with Gasteiger partial charge >= 0.3 is 0 Å². The van der Waals surface area contributed by atoms with Gasteiger partial charge in [0, 0.05) is 12.2 Å². The van der Waals surface area contributed by atoms with E-state index in [1.807, 2.05) is 19.9 Å². The molecule has 1 aromatic heterocycles. The molecular formula is C16H21N3OS2. The molecule has 0 spiro atoms. The Balaban J connectivity index is 1.70. The van der Waals surface area contributed by atoms with Crippen molar-refractivity contribution >= 4 is 34.1 Å². The Labute approximate surface area is 139 Å². The van der Waals surface area contributed by atoms with Crippen molar-refractivity contribution in [2.24, 2.45) is 5.92 Å². The molecule has 0 radical (unpaired) electrons. The molecule has 6 heteroatoms. The Kier molecular flexibility index (Phi) is 6.86. The molecule has 118 valence electrons. The lowest BCUT2D eigenvalue weighted by molar-refractivity contribution is -0.116. The molecule has 0 aliphatic heterocycles. The molecule has 1 N–H and O–H groups in total. The van der Waals surface area contributed by atoms with Gasteiger partial charge in [0.05, 0.1) is 0 Å². The van der Waals surface area contributed by atoms with E-state index in [2.05, 4.69) is 39.8 Å². The number of thioether (sulfide) groups is 1. The molecular weight excluding hydrogens is 314 g/mol. The molecule has 0 bridgehead atoms. The molecule has 2 rings (SSSR count). The second-order valence-electron chi connectivity index (χ2n) is 5.46. The maximum absolute atomic E-state index is 11.7. The second kappa shape index (κ2) is 8.90. The van der Waals surface area contributed by atoms with E-state index in [0.717, 1.165) is 22.9 Å². The van der Waals surface area contributed by atoms with E-state index in [0.29, 0.717) is 17.5 Å². The third kappa shape index (κ3) is 6.15. The van der Waals surface area contributed by atoms with Gasteiger partial charge < -0.3 is 5.32 Å². The lowest BCUT2D eigenvalue weighted by atomic mass is 10.1. The fourth-order valence-electron chi connectivity index (χ4n) is 1.94. The molecule has 0 aliphatic carbocycles. The monoisotopic (exact) mass is 335 g/mol. The number of hydrogen-bond donors (Lipinski definition) is 1. The molecule has 0 saturated heterocycles. The number of rotatable bonds is 8. The SMILES string of the molecule is CC(C)CC(=O)Nc1nnc(SCCCc2ccccc2)s1. The van der Waals surface area contributed by atoms with Crippen LogP contribution < -0.4 is 5.32 Å². The van der Waals surface area contributed by atoms with Crippen LogP contribution >= 0.6 is 23.1 Å². The summed E-state index contributed by atoms with van der Waals surface area (Å²) in [6, 6.07) is 10.5. The highest BCUT2D eigenvalue weighted by atomic mass is 32.2.